The van der Waals surface area contributed by atoms with E-state index in [1.165, 1.54) is 4.57 Å². The summed E-state index contributed by atoms with van der Waals surface area (Å²) in [5.41, 5.74) is 3.58. The maximum atomic E-state index is 13.0. The molecule has 4 heterocycles. The fraction of sp³-hybridized carbons (Fsp3) is 0.610. The normalized spacial score (nSPS) is 18.2. The molecule has 1 unspecified atom stereocenters. The van der Waals surface area contributed by atoms with E-state index in [9.17, 15) is 19.2 Å². The third-order valence-electron chi connectivity index (χ3n) is 10.6. The third-order valence-corrected chi connectivity index (χ3v) is 10.6. The first-order chi connectivity index (χ1) is 29.2. The number of nitrogens with zero attached hydrogens (tertiary/aromatic N) is 5. The van der Waals surface area contributed by atoms with Crippen LogP contribution in [0.2, 0.25) is 0 Å². The van der Waals surface area contributed by atoms with Crippen molar-refractivity contribution in [2.75, 3.05) is 71.7 Å². The third kappa shape index (κ3) is 12.6. The van der Waals surface area contributed by atoms with Crippen molar-refractivity contribution in [3.05, 3.63) is 64.0 Å². The second-order valence-electron chi connectivity index (χ2n) is 15.3. The first kappa shape index (κ1) is 44.8. The lowest BCUT2D eigenvalue weighted by Crippen LogP contribution is -2.44. The fourth-order valence-corrected chi connectivity index (χ4v) is 7.36. The molecule has 3 aromatic heterocycles. The Kier molecular flexibility index (Phi) is 17.0. The molecule has 3 atom stereocenters. The summed E-state index contributed by atoms with van der Waals surface area (Å²) in [5, 5.41) is 20.1. The zero-order valence-corrected chi connectivity index (χ0v) is 34.8. The maximum Gasteiger partial charge on any atom is 0.329 e. The van der Waals surface area contributed by atoms with Crippen LogP contribution in [0.3, 0.4) is 0 Å². The molecule has 2 fully saturated rings. The Morgan fingerprint density at radius 1 is 0.900 bits per heavy atom. The van der Waals surface area contributed by atoms with Crippen LogP contribution in [-0.4, -0.2) is 125 Å². The summed E-state index contributed by atoms with van der Waals surface area (Å²) in [6.07, 6.45) is 6.56. The van der Waals surface area contributed by atoms with Gasteiger partial charge < -0.3 is 33.7 Å². The molecule has 1 aromatic carbocycles. The molecular weight excluding hydrogens is 779 g/mol. The van der Waals surface area contributed by atoms with E-state index >= 15 is 0 Å². The van der Waals surface area contributed by atoms with E-state index in [4.69, 9.17) is 28.4 Å². The Balaban J connectivity index is 0.765. The molecule has 4 aromatic rings. The van der Waals surface area contributed by atoms with Gasteiger partial charge in [-0.2, -0.15) is 10.2 Å². The van der Waals surface area contributed by atoms with Crippen molar-refractivity contribution in [3.8, 4) is 0 Å². The molecule has 1 saturated heterocycles. The number of aromatic amines is 1. The number of carbonyl (C=O) groups is 3. The van der Waals surface area contributed by atoms with E-state index in [1.807, 2.05) is 24.3 Å². The number of amides is 3. The van der Waals surface area contributed by atoms with Crippen molar-refractivity contribution >= 4 is 34.6 Å². The smallest absolute Gasteiger partial charge is 0.329 e. The predicted molar refractivity (Wildman–Crippen MR) is 220 cm³/mol. The second-order valence-corrected chi connectivity index (χ2v) is 15.3. The van der Waals surface area contributed by atoms with Crippen LogP contribution in [0.25, 0.3) is 11.0 Å². The SMILES string of the molecule is CC(C)NCOCO[C@H]1CC[C@@H](c2cc(NC(=O)c3ccnn3CCOCCOCCOCCOCCCc3ccc4c(c3)n(C)c(=O)n4C3CCC(=O)NC3=O)n[nH]2)C1. The van der Waals surface area contributed by atoms with Gasteiger partial charge in [-0.3, -0.25) is 43.9 Å². The number of ether oxygens (including phenoxy) is 6. The van der Waals surface area contributed by atoms with Gasteiger partial charge >= 0.3 is 5.69 Å². The minimum absolute atomic E-state index is 0.128. The summed E-state index contributed by atoms with van der Waals surface area (Å²) in [7, 11) is 1.69. The number of imide groups is 1. The number of aryl methyl sites for hydroxylation is 2. The highest BCUT2D eigenvalue weighted by Gasteiger charge is 2.31. The summed E-state index contributed by atoms with van der Waals surface area (Å²) in [4.78, 5) is 50.0. The monoisotopic (exact) mass is 837 g/mol. The van der Waals surface area contributed by atoms with Gasteiger partial charge in [0, 0.05) is 50.0 Å². The summed E-state index contributed by atoms with van der Waals surface area (Å²) in [6, 6.07) is 9.00. The van der Waals surface area contributed by atoms with Crippen molar-refractivity contribution in [1.29, 1.82) is 0 Å². The number of anilines is 1. The molecule has 1 saturated carbocycles. The van der Waals surface area contributed by atoms with Crippen LogP contribution in [0.4, 0.5) is 5.82 Å². The molecule has 19 nitrogen and oxygen atoms in total. The van der Waals surface area contributed by atoms with E-state index in [0.29, 0.717) is 95.6 Å². The Bertz CT molecular complexity index is 2060. The van der Waals surface area contributed by atoms with Crippen LogP contribution in [0.15, 0.2) is 41.3 Å². The van der Waals surface area contributed by atoms with Crippen molar-refractivity contribution in [3.63, 3.8) is 0 Å². The van der Waals surface area contributed by atoms with E-state index in [-0.39, 0.29) is 42.7 Å². The quantitative estimate of drug-likeness (QED) is 0.0407. The number of hydrogen-bond donors (Lipinski definition) is 4. The molecule has 6 rings (SSSR count). The van der Waals surface area contributed by atoms with Gasteiger partial charge in [-0.05, 0) is 76.1 Å². The largest absolute Gasteiger partial charge is 0.379 e. The Morgan fingerprint density at radius 3 is 2.40 bits per heavy atom. The van der Waals surface area contributed by atoms with Gasteiger partial charge in [0.15, 0.2) is 5.82 Å². The highest BCUT2D eigenvalue weighted by Crippen LogP contribution is 2.36. The molecule has 2 aliphatic rings. The number of fused-ring (bicyclic) bond motifs is 1. The number of piperidine rings is 1. The number of rotatable bonds is 26. The number of imidazole rings is 1. The lowest BCUT2D eigenvalue weighted by atomic mass is 10.0. The highest BCUT2D eigenvalue weighted by molar-refractivity contribution is 6.02. The maximum absolute atomic E-state index is 13.0. The first-order valence-electron chi connectivity index (χ1n) is 20.8. The minimum atomic E-state index is -0.700. The zero-order chi connectivity index (χ0) is 42.3. The molecular formula is C41H59N9O10. The summed E-state index contributed by atoms with van der Waals surface area (Å²) >= 11 is 0. The van der Waals surface area contributed by atoms with Crippen molar-refractivity contribution in [2.45, 2.75) is 89.4 Å². The second kappa shape index (κ2) is 22.7. The first-order valence-corrected chi connectivity index (χ1v) is 20.8. The summed E-state index contributed by atoms with van der Waals surface area (Å²) in [5.74, 6) is -0.324. The van der Waals surface area contributed by atoms with Gasteiger partial charge in [0.1, 0.15) is 18.5 Å². The minimum Gasteiger partial charge on any atom is -0.379 e. The Morgan fingerprint density at radius 2 is 1.65 bits per heavy atom. The molecule has 4 N–H and O–H groups in total. The molecule has 60 heavy (non-hydrogen) atoms. The van der Waals surface area contributed by atoms with E-state index in [1.54, 1.807) is 28.6 Å². The zero-order valence-electron chi connectivity index (χ0n) is 34.8. The number of aromatic nitrogens is 6. The lowest BCUT2D eigenvalue weighted by molar-refractivity contribution is -0.135. The standard InChI is InChI=1S/C41H59N9O10/c1-28(2)42-26-59-27-60-31-8-7-30(24-31)32-25-37(47-46-32)44-39(52)34-12-13-43-49(34)14-16-56-18-20-58-22-21-57-19-17-55-15-4-5-29-6-9-33-36(23-29)48(3)41(54)50(33)35-10-11-38(51)45-40(35)53/h6,9,12-13,23,25,28,30-31,35,42H,4-5,7-8,10-11,14-22,24,26-27H2,1-3H3,(H,45,51,53)(H2,44,46,47,52)/t30-,31+,35?/m1/s1. The topological polar surface area (TPSA) is 216 Å². The van der Waals surface area contributed by atoms with Gasteiger partial charge in [0.25, 0.3) is 5.91 Å². The number of carbonyl (C=O) groups excluding carboxylic acids is 3. The molecule has 0 spiro atoms. The molecule has 1 aliphatic heterocycles. The van der Waals surface area contributed by atoms with Crippen molar-refractivity contribution < 1.29 is 42.8 Å². The van der Waals surface area contributed by atoms with E-state index in [2.05, 4.69) is 45.1 Å². The summed E-state index contributed by atoms with van der Waals surface area (Å²) in [6.45, 7) is 8.77. The molecule has 328 valence electrons. The van der Waals surface area contributed by atoms with Gasteiger partial charge in [0.05, 0.1) is 76.7 Å². The van der Waals surface area contributed by atoms with Crippen LogP contribution in [0.5, 0.6) is 0 Å². The predicted octanol–water partition coefficient (Wildman–Crippen LogP) is 2.77. The van der Waals surface area contributed by atoms with Crippen molar-refractivity contribution in [2.24, 2.45) is 7.05 Å². The van der Waals surface area contributed by atoms with Gasteiger partial charge in [-0.1, -0.05) is 6.07 Å². The van der Waals surface area contributed by atoms with Crippen LogP contribution >= 0.6 is 0 Å². The number of nitrogens with one attached hydrogen (secondary N) is 4. The number of H-pyrrole nitrogens is 1. The Labute approximate surface area is 348 Å². The molecule has 19 heteroatoms. The summed E-state index contributed by atoms with van der Waals surface area (Å²) < 4.78 is 38.6. The number of benzene rings is 1. The average Bonchev–Trinajstić information content (AvgIpc) is 4.05. The lowest BCUT2D eigenvalue weighted by Gasteiger charge is -2.21. The fourth-order valence-electron chi connectivity index (χ4n) is 7.36. The van der Waals surface area contributed by atoms with Crippen LogP contribution < -0.4 is 21.6 Å². The molecule has 1 aliphatic carbocycles. The van der Waals surface area contributed by atoms with Crippen LogP contribution in [0.1, 0.15) is 86.1 Å². The van der Waals surface area contributed by atoms with Gasteiger partial charge in [-0.25, -0.2) is 4.79 Å². The Hall–Kier alpha value is -4.76. The van der Waals surface area contributed by atoms with E-state index in [0.717, 1.165) is 48.9 Å². The highest BCUT2D eigenvalue weighted by atomic mass is 16.7. The van der Waals surface area contributed by atoms with Crippen LogP contribution in [0, 0.1) is 0 Å². The van der Waals surface area contributed by atoms with E-state index < -0.39 is 11.9 Å². The molecule has 0 radical (unpaired) electrons. The molecule has 0 bridgehead atoms. The van der Waals surface area contributed by atoms with Crippen molar-refractivity contribution in [1.82, 2.24) is 39.7 Å². The van der Waals surface area contributed by atoms with Gasteiger partial charge in [-0.15, -0.1) is 0 Å². The van der Waals surface area contributed by atoms with Crippen LogP contribution in [-0.2, 0) is 58.0 Å². The number of hydrogen-bond acceptors (Lipinski definition) is 13. The average molecular weight is 838 g/mol. The van der Waals surface area contributed by atoms with Gasteiger partial charge in [0.2, 0.25) is 11.8 Å². The molecule has 3 amide bonds.